The summed E-state index contributed by atoms with van der Waals surface area (Å²) in [6.45, 7) is 3.98. The number of ether oxygens (including phenoxy) is 1. The first-order valence-corrected chi connectivity index (χ1v) is 12.1. The summed E-state index contributed by atoms with van der Waals surface area (Å²) in [7, 11) is 1.27. The molecule has 0 saturated heterocycles. The van der Waals surface area contributed by atoms with Crippen molar-refractivity contribution in [3.05, 3.63) is 59.4 Å². The summed E-state index contributed by atoms with van der Waals surface area (Å²) in [5.41, 5.74) is 1.42. The summed E-state index contributed by atoms with van der Waals surface area (Å²) in [6, 6.07) is 9.38. The van der Waals surface area contributed by atoms with Crippen LogP contribution in [0.15, 0.2) is 57.6 Å². The molecule has 176 valence electrons. The van der Waals surface area contributed by atoms with Gasteiger partial charge < -0.3 is 14.5 Å². The van der Waals surface area contributed by atoms with Crippen LogP contribution in [-0.4, -0.2) is 39.5 Å². The van der Waals surface area contributed by atoms with Gasteiger partial charge in [-0.15, -0.1) is 21.5 Å². The maximum absolute atomic E-state index is 13.3. The molecule has 0 saturated carbocycles. The van der Waals surface area contributed by atoms with Crippen molar-refractivity contribution in [2.24, 2.45) is 0 Å². The monoisotopic (exact) mass is 500 g/mol. The molecule has 0 aliphatic carbocycles. The first-order valence-electron chi connectivity index (χ1n) is 10.3. The Morgan fingerprint density at radius 1 is 1.24 bits per heavy atom. The molecule has 3 heterocycles. The van der Waals surface area contributed by atoms with E-state index in [1.807, 2.05) is 18.4 Å². The molecule has 0 aliphatic rings. The molecule has 0 radical (unpaired) electrons. The minimum absolute atomic E-state index is 0.0437. The lowest BCUT2D eigenvalue weighted by molar-refractivity contribution is -0.113. The van der Waals surface area contributed by atoms with Crippen molar-refractivity contribution in [3.8, 4) is 22.7 Å². The van der Waals surface area contributed by atoms with Crippen molar-refractivity contribution in [2.45, 2.75) is 25.0 Å². The van der Waals surface area contributed by atoms with Gasteiger partial charge in [0.2, 0.25) is 11.7 Å². The normalized spacial score (nSPS) is 11.1. The predicted octanol–water partition coefficient (Wildman–Crippen LogP) is 5.50. The highest BCUT2D eigenvalue weighted by molar-refractivity contribution is 7.99. The standard InChI is InChI=1S/C23H21FN4O4S2/c1-13(2)28-20(17-5-4-10-32-17)26-27-23(28)34-12-18(29)25-21-19(22(30)31-3)16(11-33-21)14-6-8-15(24)9-7-14/h4-11,13H,12H2,1-3H3,(H,25,29). The number of nitrogens with one attached hydrogen (secondary N) is 1. The smallest absolute Gasteiger partial charge is 0.341 e. The molecule has 11 heteroatoms. The molecule has 0 aliphatic heterocycles. The van der Waals surface area contributed by atoms with Crippen LogP contribution in [0.4, 0.5) is 9.39 Å². The van der Waals surface area contributed by atoms with Crippen LogP contribution in [0.2, 0.25) is 0 Å². The van der Waals surface area contributed by atoms with E-state index in [0.717, 1.165) is 0 Å². The number of halogens is 1. The molecule has 4 aromatic rings. The zero-order chi connectivity index (χ0) is 24.2. The topological polar surface area (TPSA) is 99.2 Å². The molecule has 0 bridgehead atoms. The summed E-state index contributed by atoms with van der Waals surface area (Å²) in [5.74, 6) is -0.0709. The number of benzene rings is 1. The zero-order valence-electron chi connectivity index (χ0n) is 18.6. The Morgan fingerprint density at radius 3 is 2.65 bits per heavy atom. The zero-order valence-corrected chi connectivity index (χ0v) is 20.2. The second-order valence-electron chi connectivity index (χ2n) is 7.44. The van der Waals surface area contributed by atoms with Gasteiger partial charge >= 0.3 is 5.97 Å². The number of hydrogen-bond acceptors (Lipinski definition) is 8. The van der Waals surface area contributed by atoms with Gasteiger partial charge in [0.1, 0.15) is 16.4 Å². The van der Waals surface area contributed by atoms with E-state index in [9.17, 15) is 14.0 Å². The lowest BCUT2D eigenvalue weighted by Crippen LogP contribution is -2.16. The van der Waals surface area contributed by atoms with Crippen molar-refractivity contribution in [2.75, 3.05) is 18.2 Å². The number of aromatic nitrogens is 3. The van der Waals surface area contributed by atoms with Gasteiger partial charge in [-0.1, -0.05) is 23.9 Å². The molecule has 1 N–H and O–H groups in total. The Labute approximate surface area is 203 Å². The van der Waals surface area contributed by atoms with Crippen molar-refractivity contribution >= 4 is 40.0 Å². The number of carbonyl (C=O) groups excluding carboxylic acids is 2. The van der Waals surface area contributed by atoms with Crippen LogP contribution in [0.25, 0.3) is 22.7 Å². The Bertz CT molecular complexity index is 1300. The SMILES string of the molecule is COC(=O)c1c(-c2ccc(F)cc2)csc1NC(=O)CSc1nnc(-c2ccco2)n1C(C)C. The van der Waals surface area contributed by atoms with Gasteiger partial charge in [-0.2, -0.15) is 0 Å². The average molecular weight is 501 g/mol. The van der Waals surface area contributed by atoms with E-state index in [-0.39, 0.29) is 29.1 Å². The number of esters is 1. The molecule has 0 unspecified atom stereocenters. The highest BCUT2D eigenvalue weighted by atomic mass is 32.2. The molecule has 8 nitrogen and oxygen atoms in total. The molecule has 4 rings (SSSR count). The largest absolute Gasteiger partial charge is 0.465 e. The van der Waals surface area contributed by atoms with Gasteiger partial charge in [-0.25, -0.2) is 9.18 Å². The number of anilines is 1. The van der Waals surface area contributed by atoms with Crippen LogP contribution in [0.3, 0.4) is 0 Å². The number of methoxy groups -OCH3 is 1. The quantitative estimate of drug-likeness (QED) is 0.252. The summed E-state index contributed by atoms with van der Waals surface area (Å²) in [5, 5.41) is 13.9. The number of furan rings is 1. The highest BCUT2D eigenvalue weighted by Crippen LogP contribution is 2.36. The van der Waals surface area contributed by atoms with Crippen molar-refractivity contribution in [1.29, 1.82) is 0 Å². The molecule has 0 atom stereocenters. The van der Waals surface area contributed by atoms with E-state index in [1.54, 1.807) is 35.9 Å². The van der Waals surface area contributed by atoms with Crippen molar-refractivity contribution < 1.29 is 23.1 Å². The maximum atomic E-state index is 13.3. The molecule has 3 aromatic heterocycles. The molecule has 1 aromatic carbocycles. The fraction of sp³-hybridized carbons (Fsp3) is 0.217. The van der Waals surface area contributed by atoms with Crippen LogP contribution in [0.1, 0.15) is 30.2 Å². The third-order valence-electron chi connectivity index (χ3n) is 4.84. The Hall–Kier alpha value is -3.44. The second kappa shape index (κ2) is 10.2. The summed E-state index contributed by atoms with van der Waals surface area (Å²) in [4.78, 5) is 25.2. The summed E-state index contributed by atoms with van der Waals surface area (Å²) < 4.78 is 25.6. The lowest BCUT2D eigenvalue weighted by Gasteiger charge is -2.12. The molecule has 34 heavy (non-hydrogen) atoms. The third-order valence-corrected chi connectivity index (χ3v) is 6.68. The molecule has 0 fully saturated rings. The van der Waals surface area contributed by atoms with Gasteiger partial charge in [-0.3, -0.25) is 9.36 Å². The van der Waals surface area contributed by atoms with Crippen LogP contribution in [0.5, 0.6) is 0 Å². The van der Waals surface area contributed by atoms with Crippen LogP contribution in [-0.2, 0) is 9.53 Å². The summed E-state index contributed by atoms with van der Waals surface area (Å²) in [6.07, 6.45) is 1.56. The van der Waals surface area contributed by atoms with Crippen LogP contribution in [0, 0.1) is 5.82 Å². The number of rotatable bonds is 8. The molecule has 0 spiro atoms. The van der Waals surface area contributed by atoms with Gasteiger partial charge in [0.05, 0.1) is 19.1 Å². The van der Waals surface area contributed by atoms with E-state index in [1.165, 1.54) is 42.3 Å². The number of nitrogens with zero attached hydrogens (tertiary/aromatic N) is 3. The molecular formula is C23H21FN4O4S2. The van der Waals surface area contributed by atoms with Gasteiger partial charge in [0, 0.05) is 17.0 Å². The fourth-order valence-electron chi connectivity index (χ4n) is 3.30. The Morgan fingerprint density at radius 2 is 2.00 bits per heavy atom. The minimum Gasteiger partial charge on any atom is -0.465 e. The van der Waals surface area contributed by atoms with Crippen LogP contribution < -0.4 is 5.32 Å². The second-order valence-corrected chi connectivity index (χ2v) is 9.26. The molecule has 1 amide bonds. The number of thioether (sulfide) groups is 1. The number of amides is 1. The average Bonchev–Trinajstić information content (AvgIpc) is 3.57. The van der Waals surface area contributed by atoms with Crippen LogP contribution >= 0.6 is 23.1 Å². The van der Waals surface area contributed by atoms with Crippen molar-refractivity contribution in [1.82, 2.24) is 14.8 Å². The number of carbonyl (C=O) groups is 2. The first-order chi connectivity index (χ1) is 16.4. The van der Waals surface area contributed by atoms with E-state index >= 15 is 0 Å². The maximum Gasteiger partial charge on any atom is 0.341 e. The first kappa shape index (κ1) is 23.7. The lowest BCUT2D eigenvalue weighted by atomic mass is 10.0. The van der Waals surface area contributed by atoms with Gasteiger partial charge in [0.15, 0.2) is 10.9 Å². The van der Waals surface area contributed by atoms with Gasteiger partial charge in [0.25, 0.3) is 0 Å². The summed E-state index contributed by atoms with van der Waals surface area (Å²) >= 11 is 2.43. The highest BCUT2D eigenvalue weighted by Gasteiger charge is 2.23. The Balaban J connectivity index is 1.52. The number of hydrogen-bond donors (Lipinski definition) is 1. The fourth-order valence-corrected chi connectivity index (χ4v) is 5.14. The van der Waals surface area contributed by atoms with E-state index in [4.69, 9.17) is 9.15 Å². The van der Waals surface area contributed by atoms with E-state index in [0.29, 0.717) is 32.9 Å². The van der Waals surface area contributed by atoms with E-state index < -0.39 is 5.97 Å². The number of thiophene rings is 1. The van der Waals surface area contributed by atoms with Crippen molar-refractivity contribution in [3.63, 3.8) is 0 Å². The van der Waals surface area contributed by atoms with Gasteiger partial charge in [-0.05, 0) is 43.7 Å². The minimum atomic E-state index is -0.592. The molecular weight excluding hydrogens is 479 g/mol. The third kappa shape index (κ3) is 4.90. The predicted molar refractivity (Wildman–Crippen MR) is 129 cm³/mol. The Kier molecular flexibility index (Phi) is 7.13. The van der Waals surface area contributed by atoms with E-state index in [2.05, 4.69) is 15.5 Å².